The van der Waals surface area contributed by atoms with E-state index in [0.29, 0.717) is 12.0 Å². The van der Waals surface area contributed by atoms with Crippen molar-refractivity contribution in [2.45, 2.75) is 172 Å². The molecule has 0 saturated carbocycles. The van der Waals surface area contributed by atoms with Crippen molar-refractivity contribution >= 4 is 10.1 Å². The molecule has 3 nitrogen and oxygen atoms in total. The summed E-state index contributed by atoms with van der Waals surface area (Å²) in [4.78, 5) is -0.0425. The quantitative estimate of drug-likeness (QED) is 0.0669. The average molecular weight is 561 g/mol. The van der Waals surface area contributed by atoms with E-state index in [1.807, 2.05) is 6.07 Å². The molecule has 1 rings (SSSR count). The molecule has 0 radical (unpaired) electrons. The maximum absolute atomic E-state index is 11.3. The van der Waals surface area contributed by atoms with E-state index in [1.54, 1.807) is 12.1 Å². The van der Waals surface area contributed by atoms with Gasteiger partial charge < -0.3 is 4.55 Å². The van der Waals surface area contributed by atoms with E-state index in [-0.39, 0.29) is 56.3 Å². The van der Waals surface area contributed by atoms with Crippen molar-refractivity contribution in [2.24, 2.45) is 0 Å². The predicted molar refractivity (Wildman–Crippen MR) is 155 cm³/mol. The van der Waals surface area contributed by atoms with Gasteiger partial charge in [-0.1, -0.05) is 173 Å². The minimum atomic E-state index is -4.36. The topological polar surface area (TPSA) is 57.2 Å². The Morgan fingerprint density at radius 3 is 1.14 bits per heavy atom. The van der Waals surface area contributed by atoms with E-state index in [1.165, 1.54) is 147 Å². The fraction of sp³-hybridized carbons (Fsp3) is 0.812. The molecule has 0 saturated heterocycles. The van der Waals surface area contributed by atoms with E-state index in [0.717, 1.165) is 12.8 Å². The molecule has 0 aliphatic heterocycles. The van der Waals surface area contributed by atoms with Crippen molar-refractivity contribution < 1.29 is 64.4 Å². The molecule has 0 heterocycles. The van der Waals surface area contributed by atoms with Crippen LogP contribution in [-0.4, -0.2) is 13.0 Å². The minimum absolute atomic E-state index is 0. The second kappa shape index (κ2) is 27.0. The zero-order valence-corrected chi connectivity index (χ0v) is 28.6. The number of hydrogen-bond acceptors (Lipinski definition) is 3. The molecular weight excluding hydrogens is 504 g/mol. The fourth-order valence-electron chi connectivity index (χ4n) is 5.23. The zero-order valence-electron chi connectivity index (χ0n) is 24.6. The van der Waals surface area contributed by atoms with Crippen LogP contribution in [0.15, 0.2) is 29.2 Å². The van der Waals surface area contributed by atoms with Gasteiger partial charge >= 0.3 is 51.4 Å². The Bertz CT molecular complexity index is 720. The monoisotopic (exact) mass is 560 g/mol. The molecule has 0 aromatic heterocycles. The summed E-state index contributed by atoms with van der Waals surface area (Å²) in [6.45, 7) is 2.29. The Hall–Kier alpha value is 0.766. The molecule has 0 spiro atoms. The van der Waals surface area contributed by atoms with Crippen LogP contribution in [0.3, 0.4) is 0 Å². The summed E-state index contributed by atoms with van der Waals surface area (Å²) >= 11 is 0. The molecule has 0 aliphatic rings. The number of benzene rings is 1. The number of unbranched alkanes of at least 4 members (excludes halogenated alkanes) is 23. The maximum atomic E-state index is 11.3. The molecule has 0 aliphatic carbocycles. The van der Waals surface area contributed by atoms with E-state index >= 15 is 0 Å². The molecule has 0 fully saturated rings. The Kier molecular flexibility index (Phi) is 27.5. The van der Waals surface area contributed by atoms with Crippen molar-refractivity contribution in [1.82, 2.24) is 0 Å². The fourth-order valence-corrected chi connectivity index (χ4v) is 5.97. The van der Waals surface area contributed by atoms with Crippen molar-refractivity contribution in [3.63, 3.8) is 0 Å². The zero-order chi connectivity index (χ0) is 26.2. The SMILES string of the molecule is CCCCCCCCCCCCCCCCCCCCCCCCCCc1ccccc1S(=O)(=O)[O-].[K+]. The Balaban J connectivity index is 0.0000130. The predicted octanol–water partition coefficient (Wildman–Crippen LogP) is 7.52. The summed E-state index contributed by atoms with van der Waals surface area (Å²) in [5.74, 6) is 0. The van der Waals surface area contributed by atoms with Gasteiger partial charge in [0.15, 0.2) is 0 Å². The van der Waals surface area contributed by atoms with Crippen molar-refractivity contribution in [3.8, 4) is 0 Å². The van der Waals surface area contributed by atoms with E-state index in [4.69, 9.17) is 0 Å². The molecule has 0 atom stereocenters. The van der Waals surface area contributed by atoms with Crippen LogP contribution >= 0.6 is 0 Å². The Morgan fingerprint density at radius 2 is 0.811 bits per heavy atom. The number of rotatable bonds is 26. The van der Waals surface area contributed by atoms with Crippen molar-refractivity contribution in [1.29, 1.82) is 0 Å². The number of aryl methyl sites for hydroxylation is 1. The third-order valence-corrected chi connectivity index (χ3v) is 8.48. The van der Waals surface area contributed by atoms with Crippen LogP contribution in [0.4, 0.5) is 0 Å². The average Bonchev–Trinajstić information content (AvgIpc) is 2.86. The first-order chi connectivity index (χ1) is 17.6. The summed E-state index contributed by atoms with van der Waals surface area (Å²) in [5.41, 5.74) is 0.673. The van der Waals surface area contributed by atoms with Gasteiger partial charge in [-0.15, -0.1) is 0 Å². The summed E-state index contributed by atoms with van der Waals surface area (Å²) in [6, 6.07) is 6.62. The van der Waals surface area contributed by atoms with Crippen LogP contribution in [0.25, 0.3) is 0 Å². The molecular formula is C32H57KO3S. The van der Waals surface area contributed by atoms with E-state index in [2.05, 4.69) is 6.92 Å². The normalized spacial score (nSPS) is 11.5. The minimum Gasteiger partial charge on any atom is -0.744 e. The molecule has 37 heavy (non-hydrogen) atoms. The molecule has 0 amide bonds. The smallest absolute Gasteiger partial charge is 0.744 e. The number of hydrogen-bond donors (Lipinski definition) is 0. The standard InChI is InChI=1S/C32H58O3S.K/c1-2-3-4-5-6-7-8-9-10-11-12-13-14-15-16-17-18-19-20-21-22-23-24-25-28-31-29-26-27-30-32(31)36(33,34)35;/h26-27,29-30H,2-25,28H2,1H3,(H,33,34,35);/q;+1/p-1. The van der Waals surface area contributed by atoms with E-state index in [9.17, 15) is 13.0 Å². The Morgan fingerprint density at radius 1 is 0.514 bits per heavy atom. The molecule has 210 valence electrons. The summed E-state index contributed by atoms with van der Waals surface area (Å²) < 4.78 is 34.0. The third kappa shape index (κ3) is 23.2. The van der Waals surface area contributed by atoms with Crippen molar-refractivity contribution in [3.05, 3.63) is 29.8 Å². The first kappa shape index (κ1) is 37.8. The second-order valence-electron chi connectivity index (χ2n) is 10.9. The van der Waals surface area contributed by atoms with E-state index < -0.39 is 10.1 Å². The van der Waals surface area contributed by atoms with Crippen LogP contribution in [0.1, 0.15) is 167 Å². The molecule has 1 aromatic carbocycles. The van der Waals surface area contributed by atoms with Gasteiger partial charge in [-0.3, -0.25) is 0 Å². The van der Waals surface area contributed by atoms with Crippen LogP contribution < -0.4 is 51.4 Å². The van der Waals surface area contributed by atoms with Gasteiger partial charge in [-0.05, 0) is 24.5 Å². The van der Waals surface area contributed by atoms with Gasteiger partial charge in [0.1, 0.15) is 10.1 Å². The molecule has 1 aromatic rings. The summed E-state index contributed by atoms with van der Waals surface area (Å²) in [7, 11) is -4.36. The second-order valence-corrected chi connectivity index (χ2v) is 12.3. The first-order valence-corrected chi connectivity index (χ1v) is 17.0. The van der Waals surface area contributed by atoms with Gasteiger partial charge in [0.2, 0.25) is 0 Å². The third-order valence-electron chi connectivity index (χ3n) is 7.54. The largest absolute Gasteiger partial charge is 1.00 e. The van der Waals surface area contributed by atoms with Gasteiger partial charge in [0.05, 0.1) is 4.90 Å². The first-order valence-electron chi connectivity index (χ1n) is 15.6. The Labute approximate surface area is 273 Å². The van der Waals surface area contributed by atoms with Crippen LogP contribution in [-0.2, 0) is 16.5 Å². The van der Waals surface area contributed by atoms with Crippen LogP contribution in [0.5, 0.6) is 0 Å². The van der Waals surface area contributed by atoms with Crippen molar-refractivity contribution in [2.75, 3.05) is 0 Å². The molecule has 0 unspecified atom stereocenters. The van der Waals surface area contributed by atoms with Gasteiger partial charge in [-0.25, -0.2) is 8.42 Å². The van der Waals surface area contributed by atoms with Gasteiger partial charge in [-0.2, -0.15) is 0 Å². The summed E-state index contributed by atoms with van der Waals surface area (Å²) in [6.07, 6.45) is 33.6. The maximum Gasteiger partial charge on any atom is 1.00 e. The summed E-state index contributed by atoms with van der Waals surface area (Å²) in [5, 5.41) is 0. The van der Waals surface area contributed by atoms with Gasteiger partial charge in [0, 0.05) is 0 Å². The molecule has 0 bridgehead atoms. The molecule has 0 N–H and O–H groups in total. The molecule has 5 heteroatoms. The van der Waals surface area contributed by atoms with Crippen LogP contribution in [0, 0.1) is 0 Å². The van der Waals surface area contributed by atoms with Gasteiger partial charge in [0.25, 0.3) is 0 Å². The van der Waals surface area contributed by atoms with Crippen LogP contribution in [0.2, 0.25) is 0 Å².